The second-order valence-electron chi connectivity index (χ2n) is 4.26. The summed E-state index contributed by atoms with van der Waals surface area (Å²) < 4.78 is 7.10. The van der Waals surface area contributed by atoms with Crippen molar-refractivity contribution in [2.45, 2.75) is 19.9 Å². The highest BCUT2D eigenvalue weighted by molar-refractivity contribution is 5.49. The largest absolute Gasteiger partial charge is 0.334 e. The van der Waals surface area contributed by atoms with Crippen LogP contribution in [-0.2, 0) is 13.0 Å². The van der Waals surface area contributed by atoms with Gasteiger partial charge in [0.05, 0.1) is 11.8 Å². The van der Waals surface area contributed by atoms with Gasteiger partial charge < -0.3 is 4.52 Å². The summed E-state index contributed by atoms with van der Waals surface area (Å²) >= 11 is 0. The first-order valence-corrected chi connectivity index (χ1v) is 6.24. The van der Waals surface area contributed by atoms with Crippen molar-refractivity contribution in [3.05, 3.63) is 54.1 Å². The lowest BCUT2D eigenvalue weighted by Gasteiger charge is -1.93. The molecule has 0 fully saturated rings. The molecule has 3 rings (SSSR count). The van der Waals surface area contributed by atoms with Gasteiger partial charge in [-0.15, -0.1) is 0 Å². The Labute approximate surface area is 110 Å². The van der Waals surface area contributed by atoms with Gasteiger partial charge in [-0.3, -0.25) is 4.68 Å². The Kier molecular flexibility index (Phi) is 3.10. The average Bonchev–Trinajstić information content (AvgIpc) is 3.08. The fourth-order valence-electron chi connectivity index (χ4n) is 1.87. The van der Waals surface area contributed by atoms with Crippen molar-refractivity contribution in [3.8, 4) is 11.5 Å². The number of benzene rings is 1. The van der Waals surface area contributed by atoms with Crippen LogP contribution >= 0.6 is 0 Å². The molecule has 96 valence electrons. The van der Waals surface area contributed by atoms with Gasteiger partial charge in [-0.1, -0.05) is 35.5 Å². The van der Waals surface area contributed by atoms with E-state index in [0.717, 1.165) is 12.1 Å². The van der Waals surface area contributed by atoms with Gasteiger partial charge in [0, 0.05) is 19.2 Å². The molecule has 0 N–H and O–H groups in total. The van der Waals surface area contributed by atoms with E-state index >= 15 is 0 Å². The molecule has 19 heavy (non-hydrogen) atoms. The first-order valence-electron chi connectivity index (χ1n) is 6.24. The number of nitrogens with zero attached hydrogens (tertiary/aromatic N) is 4. The summed E-state index contributed by atoms with van der Waals surface area (Å²) in [6, 6.07) is 10.1. The molecule has 1 aromatic carbocycles. The van der Waals surface area contributed by atoms with E-state index in [9.17, 15) is 0 Å². The van der Waals surface area contributed by atoms with Crippen LogP contribution in [-0.4, -0.2) is 19.9 Å². The van der Waals surface area contributed by atoms with Crippen molar-refractivity contribution in [3.63, 3.8) is 0 Å². The average molecular weight is 254 g/mol. The third kappa shape index (κ3) is 2.54. The number of rotatable bonds is 4. The summed E-state index contributed by atoms with van der Waals surface area (Å²) in [6.45, 7) is 2.86. The molecule has 0 radical (unpaired) electrons. The second kappa shape index (κ2) is 5.06. The van der Waals surface area contributed by atoms with E-state index in [1.54, 1.807) is 6.20 Å². The Morgan fingerprint density at radius 2 is 2.05 bits per heavy atom. The third-order valence-electron chi connectivity index (χ3n) is 2.88. The molecule has 0 aliphatic carbocycles. The lowest BCUT2D eigenvalue weighted by molar-refractivity contribution is 0.424. The summed E-state index contributed by atoms with van der Waals surface area (Å²) in [4.78, 5) is 4.39. The molecule has 0 saturated heterocycles. The van der Waals surface area contributed by atoms with E-state index in [2.05, 4.69) is 15.2 Å². The van der Waals surface area contributed by atoms with Gasteiger partial charge in [0.25, 0.3) is 5.89 Å². The number of aryl methyl sites for hydroxylation is 1. The smallest absolute Gasteiger partial charge is 0.261 e. The van der Waals surface area contributed by atoms with Crippen molar-refractivity contribution in [1.29, 1.82) is 0 Å². The van der Waals surface area contributed by atoms with Crippen LogP contribution in [0.1, 0.15) is 18.3 Å². The molecule has 0 atom stereocenters. The highest BCUT2D eigenvalue weighted by atomic mass is 16.5. The lowest BCUT2D eigenvalue weighted by atomic mass is 10.1. The first-order chi connectivity index (χ1) is 9.35. The molecule has 0 aliphatic rings. The Bertz CT molecular complexity index is 657. The molecule has 0 bridgehead atoms. The summed E-state index contributed by atoms with van der Waals surface area (Å²) in [5.41, 5.74) is 2.02. The van der Waals surface area contributed by atoms with Gasteiger partial charge in [0.15, 0.2) is 5.82 Å². The maximum atomic E-state index is 5.27. The summed E-state index contributed by atoms with van der Waals surface area (Å²) in [5, 5.41) is 8.19. The predicted octanol–water partition coefficient (Wildman–Crippen LogP) is 2.54. The highest BCUT2D eigenvalue weighted by Crippen LogP contribution is 2.17. The quantitative estimate of drug-likeness (QED) is 0.718. The number of hydrogen-bond donors (Lipinski definition) is 0. The van der Waals surface area contributed by atoms with E-state index in [-0.39, 0.29) is 0 Å². The lowest BCUT2D eigenvalue weighted by Crippen LogP contribution is -1.92. The Hall–Kier alpha value is -2.43. The van der Waals surface area contributed by atoms with Gasteiger partial charge in [0.2, 0.25) is 0 Å². The Morgan fingerprint density at radius 1 is 1.21 bits per heavy atom. The molecule has 0 unspecified atom stereocenters. The van der Waals surface area contributed by atoms with Crippen LogP contribution < -0.4 is 0 Å². The molecular weight excluding hydrogens is 240 g/mol. The zero-order valence-electron chi connectivity index (χ0n) is 10.7. The van der Waals surface area contributed by atoms with Gasteiger partial charge in [-0.05, 0) is 12.5 Å². The van der Waals surface area contributed by atoms with E-state index in [1.165, 1.54) is 5.56 Å². The molecular formula is C14H14N4O. The maximum absolute atomic E-state index is 5.27. The highest BCUT2D eigenvalue weighted by Gasteiger charge is 2.10. The predicted molar refractivity (Wildman–Crippen MR) is 70.4 cm³/mol. The first kappa shape index (κ1) is 11.6. The minimum atomic E-state index is 0.519. The van der Waals surface area contributed by atoms with Crippen LogP contribution in [0.5, 0.6) is 0 Å². The zero-order valence-corrected chi connectivity index (χ0v) is 10.7. The van der Waals surface area contributed by atoms with Gasteiger partial charge in [-0.2, -0.15) is 10.1 Å². The fourth-order valence-corrected chi connectivity index (χ4v) is 1.87. The van der Waals surface area contributed by atoms with Gasteiger partial charge in [-0.25, -0.2) is 0 Å². The van der Waals surface area contributed by atoms with Crippen LogP contribution in [0.3, 0.4) is 0 Å². The van der Waals surface area contributed by atoms with Crippen LogP contribution in [0.2, 0.25) is 0 Å². The van der Waals surface area contributed by atoms with Crippen LogP contribution in [0.25, 0.3) is 11.5 Å². The van der Waals surface area contributed by atoms with E-state index < -0.39 is 0 Å². The minimum absolute atomic E-state index is 0.519. The Morgan fingerprint density at radius 3 is 2.79 bits per heavy atom. The van der Waals surface area contributed by atoms with Crippen molar-refractivity contribution in [2.24, 2.45) is 0 Å². The van der Waals surface area contributed by atoms with E-state index in [4.69, 9.17) is 4.52 Å². The maximum Gasteiger partial charge on any atom is 0.261 e. The standard InChI is InChI=1S/C14H14N4O/c1-2-18-10-12(9-15-18)14-16-13(17-19-14)8-11-6-4-3-5-7-11/h3-7,9-10H,2,8H2,1H3. The Balaban J connectivity index is 1.79. The van der Waals surface area contributed by atoms with Gasteiger partial charge >= 0.3 is 0 Å². The molecule has 3 aromatic rings. The third-order valence-corrected chi connectivity index (χ3v) is 2.88. The summed E-state index contributed by atoms with van der Waals surface area (Å²) in [7, 11) is 0. The monoisotopic (exact) mass is 254 g/mol. The number of aromatic nitrogens is 4. The normalized spacial score (nSPS) is 10.8. The molecule has 2 heterocycles. The summed E-state index contributed by atoms with van der Waals surface area (Å²) in [6.07, 6.45) is 4.31. The molecule has 0 aliphatic heterocycles. The molecule has 0 saturated carbocycles. The molecule has 0 amide bonds. The van der Waals surface area contributed by atoms with Crippen molar-refractivity contribution >= 4 is 0 Å². The van der Waals surface area contributed by atoms with E-state index in [0.29, 0.717) is 18.1 Å². The fraction of sp³-hybridized carbons (Fsp3) is 0.214. The molecule has 2 aromatic heterocycles. The molecule has 0 spiro atoms. The minimum Gasteiger partial charge on any atom is -0.334 e. The van der Waals surface area contributed by atoms with Crippen LogP contribution in [0.15, 0.2) is 47.2 Å². The van der Waals surface area contributed by atoms with Crippen molar-refractivity contribution < 1.29 is 4.52 Å². The topological polar surface area (TPSA) is 56.7 Å². The summed E-state index contributed by atoms with van der Waals surface area (Å²) in [5.74, 6) is 1.20. The SMILES string of the molecule is CCn1cc(-c2nc(Cc3ccccc3)no2)cn1. The van der Waals surface area contributed by atoms with Crippen LogP contribution in [0.4, 0.5) is 0 Å². The van der Waals surface area contributed by atoms with E-state index in [1.807, 2.05) is 48.1 Å². The van der Waals surface area contributed by atoms with Crippen molar-refractivity contribution in [1.82, 2.24) is 19.9 Å². The molecule has 5 heteroatoms. The van der Waals surface area contributed by atoms with Crippen molar-refractivity contribution in [2.75, 3.05) is 0 Å². The number of hydrogen-bond acceptors (Lipinski definition) is 4. The van der Waals surface area contributed by atoms with Gasteiger partial charge in [0.1, 0.15) is 0 Å². The van der Waals surface area contributed by atoms with Crippen LogP contribution in [0, 0.1) is 0 Å². The zero-order chi connectivity index (χ0) is 13.1. The second-order valence-corrected chi connectivity index (χ2v) is 4.26. The molecule has 5 nitrogen and oxygen atoms in total.